The Hall–Kier alpha value is -2.46. The maximum atomic E-state index is 12.3. The number of fused-ring (bicyclic) bond motifs is 1. The van der Waals surface area contributed by atoms with Crippen molar-refractivity contribution in [2.45, 2.75) is 0 Å². The number of anilines is 3. The van der Waals surface area contributed by atoms with Gasteiger partial charge in [-0.25, -0.2) is 4.79 Å². The van der Waals surface area contributed by atoms with Gasteiger partial charge in [0.05, 0.1) is 27.0 Å². The molecule has 0 atom stereocenters. The summed E-state index contributed by atoms with van der Waals surface area (Å²) in [7, 11) is 0. The van der Waals surface area contributed by atoms with Crippen LogP contribution in [0.5, 0.6) is 0 Å². The third kappa shape index (κ3) is 2.22. The molecule has 0 spiro atoms. The second kappa shape index (κ2) is 5.39. The smallest absolute Gasteiger partial charge is 0.304 e. The minimum atomic E-state index is -0.629. The van der Waals surface area contributed by atoms with Crippen molar-refractivity contribution in [2.75, 3.05) is 15.5 Å². The molecule has 0 saturated heterocycles. The molecule has 0 aliphatic carbocycles. The largest absolute Gasteiger partial charge is 0.347 e. The highest BCUT2D eigenvalue weighted by Crippen LogP contribution is 2.39. The quantitative estimate of drug-likeness (QED) is 0.825. The number of hydrogen-bond acceptors (Lipinski definition) is 4. The highest BCUT2D eigenvalue weighted by Gasteiger charge is 2.32. The molecule has 1 aliphatic heterocycles. The van der Waals surface area contributed by atoms with E-state index in [4.69, 9.17) is 28.5 Å². The molecule has 2 aromatic rings. The number of halogens is 2. The number of carbonyl (C=O) groups is 1. The van der Waals surface area contributed by atoms with Crippen molar-refractivity contribution >= 4 is 46.3 Å². The van der Waals surface area contributed by atoms with Gasteiger partial charge in [0.1, 0.15) is 11.8 Å². The van der Waals surface area contributed by atoms with Crippen LogP contribution in [0, 0.1) is 11.3 Å². The number of benzene rings is 2. The minimum absolute atomic E-state index is 0.226. The Balaban J connectivity index is 2.13. The normalized spacial score (nSPS) is 13.5. The Kier molecular flexibility index (Phi) is 3.54. The third-order valence-corrected chi connectivity index (χ3v) is 3.85. The Labute approximate surface area is 135 Å². The number of hydrazine groups is 1. The Morgan fingerprint density at radius 1 is 1.14 bits per heavy atom. The lowest BCUT2D eigenvalue weighted by molar-refractivity contribution is 0.221. The van der Waals surface area contributed by atoms with Gasteiger partial charge in [0.2, 0.25) is 0 Å². The molecule has 2 amide bonds. The fourth-order valence-corrected chi connectivity index (χ4v) is 2.45. The number of hydrogen-bond donors (Lipinski definition) is 2. The molecule has 3 rings (SSSR count). The van der Waals surface area contributed by atoms with E-state index in [1.165, 1.54) is 12.1 Å². The molecule has 0 aromatic heterocycles. The van der Waals surface area contributed by atoms with Crippen molar-refractivity contribution in [1.82, 2.24) is 0 Å². The van der Waals surface area contributed by atoms with E-state index < -0.39 is 6.03 Å². The van der Waals surface area contributed by atoms with Gasteiger partial charge >= 0.3 is 6.03 Å². The monoisotopic (exact) mass is 334 g/mol. The van der Waals surface area contributed by atoms with E-state index in [0.717, 1.165) is 5.01 Å². The SMILES string of the molecule is N#Cc1ccccc1N1C(=O)Nc2cc(Cl)c(Cl)cc2N1O. The number of para-hydroxylation sites is 1. The minimum Gasteiger partial charge on any atom is -0.304 e. The van der Waals surface area contributed by atoms with Gasteiger partial charge in [-0.2, -0.15) is 15.4 Å². The molecule has 22 heavy (non-hydrogen) atoms. The molecule has 2 N–H and O–H groups in total. The summed E-state index contributed by atoms with van der Waals surface area (Å²) in [6.07, 6.45) is 0. The van der Waals surface area contributed by atoms with E-state index in [0.29, 0.717) is 10.9 Å². The summed E-state index contributed by atoms with van der Waals surface area (Å²) in [5.41, 5.74) is 1.02. The first-order chi connectivity index (χ1) is 10.5. The van der Waals surface area contributed by atoms with Crippen molar-refractivity contribution in [3.8, 4) is 6.07 Å². The number of nitrogens with one attached hydrogen (secondary N) is 1. The summed E-state index contributed by atoms with van der Waals surface area (Å²) in [6, 6.07) is 10.6. The van der Waals surface area contributed by atoms with Crippen LogP contribution in [0.25, 0.3) is 0 Å². The Bertz CT molecular complexity index is 819. The molecule has 0 saturated carbocycles. The van der Waals surface area contributed by atoms with Gasteiger partial charge in [-0.3, -0.25) is 5.21 Å². The zero-order valence-corrected chi connectivity index (χ0v) is 12.4. The molecule has 0 radical (unpaired) electrons. The summed E-state index contributed by atoms with van der Waals surface area (Å²) in [4.78, 5) is 12.3. The van der Waals surface area contributed by atoms with Crippen LogP contribution in [0.4, 0.5) is 21.9 Å². The van der Waals surface area contributed by atoms with E-state index in [-0.39, 0.29) is 27.0 Å². The van der Waals surface area contributed by atoms with Crippen molar-refractivity contribution in [2.24, 2.45) is 0 Å². The zero-order valence-electron chi connectivity index (χ0n) is 10.9. The van der Waals surface area contributed by atoms with Gasteiger partial charge in [-0.15, -0.1) is 0 Å². The van der Waals surface area contributed by atoms with E-state index in [1.54, 1.807) is 24.3 Å². The lowest BCUT2D eigenvalue weighted by atomic mass is 10.2. The van der Waals surface area contributed by atoms with Gasteiger partial charge in [0, 0.05) is 0 Å². The third-order valence-electron chi connectivity index (χ3n) is 3.13. The van der Waals surface area contributed by atoms with Crippen LogP contribution in [0.2, 0.25) is 10.0 Å². The van der Waals surface area contributed by atoms with Gasteiger partial charge in [-0.05, 0) is 24.3 Å². The Morgan fingerprint density at radius 3 is 2.55 bits per heavy atom. The highest BCUT2D eigenvalue weighted by molar-refractivity contribution is 6.42. The average Bonchev–Trinajstić information content (AvgIpc) is 2.50. The van der Waals surface area contributed by atoms with Crippen molar-refractivity contribution in [1.29, 1.82) is 5.26 Å². The standard InChI is InChI=1S/C14H8Cl2N4O2/c15-9-5-11-13(6-10(9)16)20(22)19(14(21)18-11)12-4-2-1-3-8(12)7-17/h1-6,22H,(H,18,21). The first-order valence-electron chi connectivity index (χ1n) is 6.11. The summed E-state index contributed by atoms with van der Waals surface area (Å²) >= 11 is 11.8. The van der Waals surface area contributed by atoms with Gasteiger partial charge in [-0.1, -0.05) is 35.3 Å². The molecule has 1 aliphatic rings. The van der Waals surface area contributed by atoms with E-state index in [9.17, 15) is 10.0 Å². The molecule has 2 aromatic carbocycles. The molecule has 8 heteroatoms. The number of rotatable bonds is 1. The number of urea groups is 1. The van der Waals surface area contributed by atoms with E-state index in [1.807, 2.05) is 6.07 Å². The zero-order chi connectivity index (χ0) is 15.9. The number of carbonyl (C=O) groups excluding carboxylic acids is 1. The lowest BCUT2D eigenvalue weighted by Gasteiger charge is -2.36. The predicted octanol–water partition coefficient (Wildman–Crippen LogP) is 4.03. The summed E-state index contributed by atoms with van der Waals surface area (Å²) < 4.78 is 0. The van der Waals surface area contributed by atoms with Crippen LogP contribution in [-0.2, 0) is 0 Å². The summed E-state index contributed by atoms with van der Waals surface area (Å²) in [5.74, 6) is 0. The molecule has 0 unspecified atom stereocenters. The first-order valence-corrected chi connectivity index (χ1v) is 6.86. The maximum absolute atomic E-state index is 12.3. The number of nitrogens with zero attached hydrogens (tertiary/aromatic N) is 3. The first kappa shape index (κ1) is 14.5. The molecule has 1 heterocycles. The molecule has 0 bridgehead atoms. The van der Waals surface area contributed by atoms with E-state index in [2.05, 4.69) is 5.32 Å². The van der Waals surface area contributed by atoms with Gasteiger partial charge in [0.15, 0.2) is 0 Å². The van der Waals surface area contributed by atoms with E-state index >= 15 is 0 Å². The van der Waals surface area contributed by atoms with Crippen LogP contribution in [-0.4, -0.2) is 11.2 Å². The van der Waals surface area contributed by atoms with Gasteiger partial charge in [0.25, 0.3) is 0 Å². The topological polar surface area (TPSA) is 79.6 Å². The predicted molar refractivity (Wildman–Crippen MR) is 83.4 cm³/mol. The average molecular weight is 335 g/mol. The molecule has 6 nitrogen and oxygen atoms in total. The Morgan fingerprint density at radius 2 is 1.82 bits per heavy atom. The van der Waals surface area contributed by atoms with Crippen molar-refractivity contribution in [3.05, 3.63) is 52.0 Å². The number of nitriles is 1. The van der Waals surface area contributed by atoms with Gasteiger partial charge < -0.3 is 5.32 Å². The fourth-order valence-electron chi connectivity index (χ4n) is 2.13. The highest BCUT2D eigenvalue weighted by atomic mass is 35.5. The van der Waals surface area contributed by atoms with Crippen LogP contribution < -0.4 is 15.5 Å². The van der Waals surface area contributed by atoms with Crippen molar-refractivity contribution in [3.63, 3.8) is 0 Å². The van der Waals surface area contributed by atoms with Crippen LogP contribution in [0.1, 0.15) is 5.56 Å². The molecular formula is C14H8Cl2N4O2. The fraction of sp³-hybridized carbons (Fsp3) is 0. The second-order valence-electron chi connectivity index (χ2n) is 4.44. The number of amides is 2. The maximum Gasteiger partial charge on any atom is 0.347 e. The van der Waals surface area contributed by atoms with Crippen LogP contribution >= 0.6 is 23.2 Å². The molecular weight excluding hydrogens is 327 g/mol. The lowest BCUT2D eigenvalue weighted by Crippen LogP contribution is -2.51. The molecule has 0 fully saturated rings. The summed E-state index contributed by atoms with van der Waals surface area (Å²) in [5, 5.41) is 24.2. The van der Waals surface area contributed by atoms with Crippen molar-refractivity contribution < 1.29 is 10.0 Å². The second-order valence-corrected chi connectivity index (χ2v) is 5.26. The molecule has 110 valence electrons. The summed E-state index contributed by atoms with van der Waals surface area (Å²) in [6.45, 7) is 0. The van der Waals surface area contributed by atoms with Crippen LogP contribution in [0.3, 0.4) is 0 Å². The van der Waals surface area contributed by atoms with Crippen LogP contribution in [0.15, 0.2) is 36.4 Å².